The minimum absolute atomic E-state index is 0.0836. The molecule has 1 saturated carbocycles. The molecule has 0 unspecified atom stereocenters. The van der Waals surface area contributed by atoms with Crippen molar-refractivity contribution in [2.45, 2.75) is 31.1 Å². The zero-order chi connectivity index (χ0) is 11.2. The van der Waals surface area contributed by atoms with Gasteiger partial charge >= 0.3 is 7.12 Å². The van der Waals surface area contributed by atoms with E-state index < -0.39 is 7.12 Å². The fourth-order valence-corrected chi connectivity index (χ4v) is 2.89. The Kier molecular flexibility index (Phi) is 2.16. The van der Waals surface area contributed by atoms with Gasteiger partial charge in [0.15, 0.2) is 0 Å². The Bertz CT molecular complexity index is 450. The Morgan fingerprint density at radius 1 is 1.19 bits per heavy atom. The van der Waals surface area contributed by atoms with E-state index in [2.05, 4.69) is 11.2 Å². The van der Waals surface area contributed by atoms with Crippen molar-refractivity contribution in [3.8, 4) is 0 Å². The Hall–Kier alpha value is -1.13. The smallest absolute Gasteiger partial charge is 0.423 e. The van der Waals surface area contributed by atoms with Crippen LogP contribution in [0.3, 0.4) is 0 Å². The summed E-state index contributed by atoms with van der Waals surface area (Å²) < 4.78 is 0. The number of nitrogens with zero attached hydrogens (tertiary/aromatic N) is 1. The van der Waals surface area contributed by atoms with E-state index in [-0.39, 0.29) is 5.41 Å². The molecule has 1 heterocycles. The first-order chi connectivity index (χ1) is 7.71. The van der Waals surface area contributed by atoms with Gasteiger partial charge in [-0.15, -0.1) is 0 Å². The summed E-state index contributed by atoms with van der Waals surface area (Å²) in [5, 5.41) is 18.4. The average Bonchev–Trinajstić information content (AvgIpc) is 2.88. The molecular formula is C12H14BNO2. The predicted octanol–water partition coefficient (Wildman–Crippen LogP) is 0.894. The molecule has 1 fully saturated rings. The number of fused-ring (bicyclic) bond motifs is 2. The first kappa shape index (κ1) is 10.1. The van der Waals surface area contributed by atoms with Gasteiger partial charge in [-0.3, -0.25) is 4.99 Å². The fraction of sp³-hybridized carbons (Fsp3) is 0.417. The van der Waals surface area contributed by atoms with Crippen molar-refractivity contribution in [2.75, 3.05) is 0 Å². The van der Waals surface area contributed by atoms with Gasteiger partial charge in [-0.1, -0.05) is 25.0 Å². The third kappa shape index (κ3) is 1.34. The molecule has 1 spiro atoms. The van der Waals surface area contributed by atoms with Crippen LogP contribution in [-0.4, -0.2) is 23.4 Å². The number of rotatable bonds is 1. The lowest BCUT2D eigenvalue weighted by Gasteiger charge is -2.21. The third-order valence-corrected chi connectivity index (χ3v) is 3.80. The molecule has 0 saturated heterocycles. The second-order valence-corrected chi connectivity index (χ2v) is 4.77. The van der Waals surface area contributed by atoms with Gasteiger partial charge in [0.25, 0.3) is 0 Å². The van der Waals surface area contributed by atoms with Crippen LogP contribution in [0.1, 0.15) is 31.2 Å². The number of aliphatic imine (C=N–C) groups is 1. The van der Waals surface area contributed by atoms with Crippen molar-refractivity contribution in [2.24, 2.45) is 4.99 Å². The van der Waals surface area contributed by atoms with Crippen molar-refractivity contribution in [3.63, 3.8) is 0 Å². The summed E-state index contributed by atoms with van der Waals surface area (Å²) >= 11 is 0. The van der Waals surface area contributed by atoms with Crippen LogP contribution < -0.4 is 5.46 Å². The average molecular weight is 215 g/mol. The molecule has 0 amide bonds. The minimum Gasteiger partial charge on any atom is -0.423 e. The van der Waals surface area contributed by atoms with Crippen LogP contribution in [0.15, 0.2) is 23.2 Å². The van der Waals surface area contributed by atoms with Gasteiger partial charge in [-0.2, -0.15) is 0 Å². The lowest BCUT2D eigenvalue weighted by Crippen LogP contribution is -2.31. The molecule has 0 atom stereocenters. The van der Waals surface area contributed by atoms with E-state index in [0.29, 0.717) is 5.46 Å². The molecule has 3 rings (SSSR count). The van der Waals surface area contributed by atoms with E-state index in [9.17, 15) is 10.0 Å². The van der Waals surface area contributed by atoms with Crippen molar-refractivity contribution in [1.29, 1.82) is 0 Å². The standard InChI is InChI=1S/C12H14BNO2/c15-13(16)9-3-4-11-10(7-9)12(8-14-11)5-1-2-6-12/h3-4,7-8,15-16H,1-2,5-6H2. The summed E-state index contributed by atoms with van der Waals surface area (Å²) in [4.78, 5) is 4.45. The molecule has 1 aliphatic heterocycles. The quantitative estimate of drug-likeness (QED) is 0.683. The van der Waals surface area contributed by atoms with Crippen molar-refractivity contribution in [3.05, 3.63) is 23.8 Å². The molecule has 2 aliphatic rings. The van der Waals surface area contributed by atoms with Gasteiger partial charge in [-0.25, -0.2) is 0 Å². The summed E-state index contributed by atoms with van der Waals surface area (Å²) in [7, 11) is -1.38. The first-order valence-electron chi connectivity index (χ1n) is 5.77. The molecule has 16 heavy (non-hydrogen) atoms. The van der Waals surface area contributed by atoms with Crippen LogP contribution in [0, 0.1) is 0 Å². The van der Waals surface area contributed by atoms with E-state index in [1.54, 1.807) is 6.07 Å². The molecule has 0 radical (unpaired) electrons. The maximum absolute atomic E-state index is 9.20. The minimum atomic E-state index is -1.38. The summed E-state index contributed by atoms with van der Waals surface area (Å²) in [5.74, 6) is 0. The van der Waals surface area contributed by atoms with E-state index in [0.717, 1.165) is 18.5 Å². The van der Waals surface area contributed by atoms with Crippen LogP contribution in [0.4, 0.5) is 5.69 Å². The monoisotopic (exact) mass is 215 g/mol. The molecule has 3 nitrogen and oxygen atoms in total. The van der Waals surface area contributed by atoms with Gasteiger partial charge in [0.1, 0.15) is 0 Å². The Morgan fingerprint density at radius 3 is 2.62 bits per heavy atom. The Morgan fingerprint density at radius 2 is 1.94 bits per heavy atom. The van der Waals surface area contributed by atoms with E-state index >= 15 is 0 Å². The maximum Gasteiger partial charge on any atom is 0.488 e. The van der Waals surface area contributed by atoms with E-state index in [1.807, 2.05) is 12.1 Å². The summed E-state index contributed by atoms with van der Waals surface area (Å²) in [6, 6.07) is 5.51. The highest BCUT2D eigenvalue weighted by atomic mass is 16.4. The summed E-state index contributed by atoms with van der Waals surface area (Å²) in [6.07, 6.45) is 6.79. The SMILES string of the molecule is OB(O)c1ccc2c(c1)C1(C=N2)CCCC1. The normalized spacial score (nSPS) is 20.4. The molecule has 1 aromatic rings. The number of hydrogen-bond donors (Lipinski definition) is 2. The summed E-state index contributed by atoms with van der Waals surface area (Å²) in [5.41, 5.74) is 2.82. The molecule has 0 bridgehead atoms. The zero-order valence-corrected chi connectivity index (χ0v) is 9.06. The van der Waals surface area contributed by atoms with Crippen molar-refractivity contribution >= 4 is 24.5 Å². The molecular weight excluding hydrogens is 201 g/mol. The topological polar surface area (TPSA) is 52.8 Å². The largest absolute Gasteiger partial charge is 0.488 e. The highest BCUT2D eigenvalue weighted by Gasteiger charge is 2.39. The van der Waals surface area contributed by atoms with Gasteiger partial charge in [0.05, 0.1) is 5.69 Å². The lowest BCUT2D eigenvalue weighted by atomic mass is 9.74. The predicted molar refractivity (Wildman–Crippen MR) is 64.6 cm³/mol. The molecule has 82 valence electrons. The van der Waals surface area contributed by atoms with Crippen LogP contribution in [-0.2, 0) is 5.41 Å². The van der Waals surface area contributed by atoms with Crippen LogP contribution >= 0.6 is 0 Å². The van der Waals surface area contributed by atoms with Gasteiger partial charge < -0.3 is 10.0 Å². The molecule has 2 N–H and O–H groups in total. The summed E-state index contributed by atoms with van der Waals surface area (Å²) in [6.45, 7) is 0. The second-order valence-electron chi connectivity index (χ2n) is 4.77. The second kappa shape index (κ2) is 3.44. The van der Waals surface area contributed by atoms with Crippen LogP contribution in [0.25, 0.3) is 0 Å². The molecule has 1 aliphatic carbocycles. The number of benzene rings is 1. The fourth-order valence-electron chi connectivity index (χ4n) is 2.89. The van der Waals surface area contributed by atoms with Crippen LogP contribution in [0.2, 0.25) is 0 Å². The van der Waals surface area contributed by atoms with Gasteiger partial charge in [0, 0.05) is 11.6 Å². The van der Waals surface area contributed by atoms with Gasteiger partial charge in [-0.05, 0) is 29.9 Å². The van der Waals surface area contributed by atoms with E-state index in [1.165, 1.54) is 18.4 Å². The van der Waals surface area contributed by atoms with Crippen molar-refractivity contribution in [1.82, 2.24) is 0 Å². The van der Waals surface area contributed by atoms with E-state index in [4.69, 9.17) is 0 Å². The van der Waals surface area contributed by atoms with Crippen molar-refractivity contribution < 1.29 is 10.0 Å². The van der Waals surface area contributed by atoms with Gasteiger partial charge in [0.2, 0.25) is 0 Å². The highest BCUT2D eigenvalue weighted by Crippen LogP contribution is 2.46. The van der Waals surface area contributed by atoms with Crippen LogP contribution in [0.5, 0.6) is 0 Å². The number of hydrogen-bond acceptors (Lipinski definition) is 3. The Labute approximate surface area is 95.0 Å². The molecule has 1 aromatic carbocycles. The molecule has 4 heteroatoms. The lowest BCUT2D eigenvalue weighted by molar-refractivity contribution is 0.425. The first-order valence-corrected chi connectivity index (χ1v) is 5.77. The maximum atomic E-state index is 9.20. The Balaban J connectivity index is 2.09. The zero-order valence-electron chi connectivity index (χ0n) is 9.06. The highest BCUT2D eigenvalue weighted by molar-refractivity contribution is 6.58. The molecule has 0 aromatic heterocycles. The third-order valence-electron chi connectivity index (χ3n) is 3.80.